The highest BCUT2D eigenvalue weighted by Gasteiger charge is 2.13. The Morgan fingerprint density at radius 1 is 1.30 bits per heavy atom. The maximum Gasteiger partial charge on any atom is 0.259 e. The van der Waals surface area contributed by atoms with E-state index < -0.39 is 5.91 Å². The van der Waals surface area contributed by atoms with E-state index in [0.717, 1.165) is 0 Å². The van der Waals surface area contributed by atoms with E-state index >= 15 is 0 Å². The van der Waals surface area contributed by atoms with E-state index in [0.29, 0.717) is 22.1 Å². The van der Waals surface area contributed by atoms with Crippen LogP contribution in [0.5, 0.6) is 11.5 Å². The molecule has 0 aliphatic heterocycles. The number of phenolic OH excluding ortho intramolecular Hbond substituents is 1. The number of hydrogen-bond donors (Lipinski definition) is 3. The lowest BCUT2D eigenvalue weighted by molar-refractivity contribution is 0.102. The number of hydrogen-bond acceptors (Lipinski definition) is 4. The Balaban J connectivity index is 2.24. The summed E-state index contributed by atoms with van der Waals surface area (Å²) in [6.07, 6.45) is 0. The highest BCUT2D eigenvalue weighted by atomic mass is 35.5. The zero-order valence-electron chi connectivity index (χ0n) is 10.7. The SMILES string of the molecule is COc1ccc(C(=O)Nc2ccc(Cl)cc2N)c(O)c1. The molecule has 0 atom stereocenters. The summed E-state index contributed by atoms with van der Waals surface area (Å²) in [5.41, 5.74) is 6.65. The van der Waals surface area contributed by atoms with Crippen LogP contribution < -0.4 is 15.8 Å². The summed E-state index contributed by atoms with van der Waals surface area (Å²) in [6.45, 7) is 0. The standard InChI is InChI=1S/C14H13ClN2O3/c1-20-9-3-4-10(13(18)7-9)14(19)17-12-5-2-8(15)6-11(12)16/h2-7,18H,16H2,1H3,(H,17,19). The largest absolute Gasteiger partial charge is 0.507 e. The van der Waals surface area contributed by atoms with Crippen LogP contribution in [0.1, 0.15) is 10.4 Å². The van der Waals surface area contributed by atoms with Crippen LogP contribution in [0.2, 0.25) is 5.02 Å². The third-order valence-electron chi connectivity index (χ3n) is 2.71. The number of halogens is 1. The van der Waals surface area contributed by atoms with Crippen LogP contribution in [0.15, 0.2) is 36.4 Å². The van der Waals surface area contributed by atoms with Gasteiger partial charge in [-0.2, -0.15) is 0 Å². The molecule has 104 valence electrons. The molecule has 0 heterocycles. The van der Waals surface area contributed by atoms with Crippen LogP contribution in [0.3, 0.4) is 0 Å². The van der Waals surface area contributed by atoms with Crippen LogP contribution in [0, 0.1) is 0 Å². The zero-order chi connectivity index (χ0) is 14.7. The number of nitrogens with two attached hydrogens (primary N) is 1. The second kappa shape index (κ2) is 5.71. The van der Waals surface area contributed by atoms with Gasteiger partial charge in [-0.05, 0) is 30.3 Å². The quantitative estimate of drug-likeness (QED) is 0.759. The van der Waals surface area contributed by atoms with Gasteiger partial charge >= 0.3 is 0 Å². The Hall–Kier alpha value is -2.40. The van der Waals surface area contributed by atoms with Crippen molar-refractivity contribution < 1.29 is 14.6 Å². The van der Waals surface area contributed by atoms with Gasteiger partial charge in [0.15, 0.2) is 0 Å². The van der Waals surface area contributed by atoms with Gasteiger partial charge in [-0.1, -0.05) is 11.6 Å². The van der Waals surface area contributed by atoms with Crippen LogP contribution in [-0.2, 0) is 0 Å². The molecule has 2 aromatic carbocycles. The molecule has 0 spiro atoms. The molecule has 2 rings (SSSR count). The number of aromatic hydroxyl groups is 1. The number of nitrogen functional groups attached to an aromatic ring is 1. The van der Waals surface area contributed by atoms with Gasteiger partial charge in [0.1, 0.15) is 11.5 Å². The van der Waals surface area contributed by atoms with E-state index in [1.54, 1.807) is 18.2 Å². The predicted molar refractivity (Wildman–Crippen MR) is 78.5 cm³/mol. The second-order valence-electron chi connectivity index (χ2n) is 4.07. The molecule has 1 amide bonds. The molecule has 20 heavy (non-hydrogen) atoms. The molecule has 0 saturated carbocycles. The number of phenols is 1. The second-order valence-corrected chi connectivity index (χ2v) is 4.51. The highest BCUT2D eigenvalue weighted by Crippen LogP contribution is 2.26. The average molecular weight is 293 g/mol. The van der Waals surface area contributed by atoms with E-state index in [9.17, 15) is 9.90 Å². The molecule has 0 radical (unpaired) electrons. The number of benzene rings is 2. The third-order valence-corrected chi connectivity index (χ3v) is 2.95. The molecule has 2 aromatic rings. The normalized spacial score (nSPS) is 10.1. The molecule has 0 aliphatic carbocycles. The Morgan fingerprint density at radius 3 is 2.65 bits per heavy atom. The molecule has 5 nitrogen and oxygen atoms in total. The Morgan fingerprint density at radius 2 is 2.05 bits per heavy atom. The van der Waals surface area contributed by atoms with E-state index in [4.69, 9.17) is 22.1 Å². The van der Waals surface area contributed by atoms with Crippen molar-refractivity contribution in [2.75, 3.05) is 18.2 Å². The maximum atomic E-state index is 12.1. The van der Waals surface area contributed by atoms with E-state index in [1.807, 2.05) is 0 Å². The first kappa shape index (κ1) is 14.0. The van der Waals surface area contributed by atoms with Gasteiger partial charge in [0.25, 0.3) is 5.91 Å². The van der Waals surface area contributed by atoms with E-state index in [-0.39, 0.29) is 11.3 Å². The fourth-order valence-corrected chi connectivity index (χ4v) is 1.85. The number of carbonyl (C=O) groups excluding carboxylic acids is 1. The molecular weight excluding hydrogens is 280 g/mol. The number of nitrogens with one attached hydrogen (secondary N) is 1. The van der Waals surface area contributed by atoms with Crippen LogP contribution in [0.25, 0.3) is 0 Å². The van der Waals surface area contributed by atoms with Crippen LogP contribution >= 0.6 is 11.6 Å². The summed E-state index contributed by atoms with van der Waals surface area (Å²) < 4.78 is 4.95. The fourth-order valence-electron chi connectivity index (χ4n) is 1.67. The summed E-state index contributed by atoms with van der Waals surface area (Å²) in [6, 6.07) is 9.15. The molecular formula is C14H13ClN2O3. The highest BCUT2D eigenvalue weighted by molar-refractivity contribution is 6.31. The average Bonchev–Trinajstić information content (AvgIpc) is 2.41. The van der Waals surface area contributed by atoms with E-state index in [1.165, 1.54) is 25.3 Å². The van der Waals surface area contributed by atoms with Crippen molar-refractivity contribution >= 4 is 28.9 Å². The molecule has 6 heteroatoms. The predicted octanol–water partition coefficient (Wildman–Crippen LogP) is 2.89. The van der Waals surface area contributed by atoms with Crippen LogP contribution in [0.4, 0.5) is 11.4 Å². The molecule has 0 unspecified atom stereocenters. The minimum absolute atomic E-state index is 0.125. The van der Waals surface area contributed by atoms with Gasteiger partial charge < -0.3 is 20.9 Å². The molecule has 4 N–H and O–H groups in total. The van der Waals surface area contributed by atoms with Crippen molar-refractivity contribution in [1.29, 1.82) is 0 Å². The number of amides is 1. The topological polar surface area (TPSA) is 84.6 Å². The number of anilines is 2. The van der Waals surface area contributed by atoms with Crippen molar-refractivity contribution in [3.8, 4) is 11.5 Å². The van der Waals surface area contributed by atoms with E-state index in [2.05, 4.69) is 5.32 Å². The Labute approximate surface area is 120 Å². The summed E-state index contributed by atoms with van der Waals surface area (Å²) in [5, 5.41) is 12.9. The summed E-state index contributed by atoms with van der Waals surface area (Å²) >= 11 is 5.78. The summed E-state index contributed by atoms with van der Waals surface area (Å²) in [5.74, 6) is -0.182. The van der Waals surface area contributed by atoms with Crippen molar-refractivity contribution in [2.24, 2.45) is 0 Å². The first-order chi connectivity index (χ1) is 9.51. The molecule has 0 fully saturated rings. The smallest absolute Gasteiger partial charge is 0.259 e. The monoisotopic (exact) mass is 292 g/mol. The zero-order valence-corrected chi connectivity index (χ0v) is 11.4. The van der Waals surface area contributed by atoms with Gasteiger partial charge in [0, 0.05) is 11.1 Å². The lowest BCUT2D eigenvalue weighted by atomic mass is 10.1. The lowest BCUT2D eigenvalue weighted by Crippen LogP contribution is -2.13. The van der Waals surface area contributed by atoms with Crippen LogP contribution in [-0.4, -0.2) is 18.1 Å². The fraction of sp³-hybridized carbons (Fsp3) is 0.0714. The Kier molecular flexibility index (Phi) is 4.00. The maximum absolute atomic E-state index is 12.1. The Bertz CT molecular complexity index is 659. The molecule has 0 bridgehead atoms. The van der Waals surface area contributed by atoms with Crippen molar-refractivity contribution in [2.45, 2.75) is 0 Å². The molecule has 0 aromatic heterocycles. The van der Waals surface area contributed by atoms with Gasteiger partial charge in [-0.3, -0.25) is 4.79 Å². The van der Waals surface area contributed by atoms with Gasteiger partial charge in [-0.15, -0.1) is 0 Å². The minimum atomic E-state index is -0.473. The summed E-state index contributed by atoms with van der Waals surface area (Å²) in [7, 11) is 1.48. The van der Waals surface area contributed by atoms with Crippen molar-refractivity contribution in [1.82, 2.24) is 0 Å². The molecule has 0 saturated heterocycles. The van der Waals surface area contributed by atoms with Gasteiger partial charge in [0.2, 0.25) is 0 Å². The summed E-state index contributed by atoms with van der Waals surface area (Å²) in [4.78, 5) is 12.1. The number of methoxy groups -OCH3 is 1. The third kappa shape index (κ3) is 2.95. The number of carbonyl (C=O) groups is 1. The van der Waals surface area contributed by atoms with Crippen molar-refractivity contribution in [3.63, 3.8) is 0 Å². The first-order valence-corrected chi connectivity index (χ1v) is 6.12. The van der Waals surface area contributed by atoms with Gasteiger partial charge in [0.05, 0.1) is 24.0 Å². The minimum Gasteiger partial charge on any atom is -0.507 e. The van der Waals surface area contributed by atoms with Gasteiger partial charge in [-0.25, -0.2) is 0 Å². The number of ether oxygens (including phenoxy) is 1. The lowest BCUT2D eigenvalue weighted by Gasteiger charge is -2.10. The molecule has 0 aliphatic rings. The first-order valence-electron chi connectivity index (χ1n) is 5.74. The van der Waals surface area contributed by atoms with Crippen molar-refractivity contribution in [3.05, 3.63) is 47.0 Å². The number of rotatable bonds is 3.